The van der Waals surface area contributed by atoms with E-state index in [0.717, 1.165) is 0 Å². The molecule has 0 aliphatic carbocycles. The highest BCUT2D eigenvalue weighted by molar-refractivity contribution is 5.76. The summed E-state index contributed by atoms with van der Waals surface area (Å²) in [5.74, 6) is 0.0240. The molecule has 0 fully saturated rings. The maximum Gasteiger partial charge on any atom is 0.301 e. The van der Waals surface area contributed by atoms with Crippen molar-refractivity contribution in [3.63, 3.8) is 0 Å². The third-order valence-electron chi connectivity index (χ3n) is 1.77. The summed E-state index contributed by atoms with van der Waals surface area (Å²) in [7, 11) is 0. The van der Waals surface area contributed by atoms with Gasteiger partial charge in [0.15, 0.2) is 11.7 Å². The van der Waals surface area contributed by atoms with E-state index in [1.165, 1.54) is 0 Å². The van der Waals surface area contributed by atoms with Gasteiger partial charge in [0, 0.05) is 5.56 Å². The summed E-state index contributed by atoms with van der Waals surface area (Å²) in [4.78, 5) is 3.91. The van der Waals surface area contributed by atoms with Crippen LogP contribution in [0.4, 0.5) is 0 Å². The molecule has 0 aliphatic rings. The molecule has 0 spiro atoms. The molecule has 0 amide bonds. The number of nitriles is 1. The largest absolute Gasteiger partial charge is 0.428 e. The molecule has 0 saturated heterocycles. The second-order valence-corrected chi connectivity index (χ2v) is 2.55. The Morgan fingerprint density at radius 1 is 1.54 bits per heavy atom. The maximum absolute atomic E-state index is 8.95. The van der Waals surface area contributed by atoms with Gasteiger partial charge in [-0.25, -0.2) is 0 Å². The Morgan fingerprint density at radius 3 is 3.08 bits per heavy atom. The van der Waals surface area contributed by atoms with Crippen molar-refractivity contribution in [2.24, 2.45) is 0 Å². The van der Waals surface area contributed by atoms with Gasteiger partial charge in [-0.2, -0.15) is 10.2 Å². The van der Waals surface area contributed by atoms with Gasteiger partial charge in [0.05, 0.1) is 6.61 Å². The molecular formula is C9H6N2O2. The number of oxazole rings is 1. The average Bonchev–Trinajstić information content (AvgIpc) is 2.59. The lowest BCUT2D eigenvalue weighted by atomic mass is 10.2. The van der Waals surface area contributed by atoms with Crippen LogP contribution in [0.1, 0.15) is 11.5 Å². The van der Waals surface area contributed by atoms with Crippen molar-refractivity contribution in [2.45, 2.75) is 6.61 Å². The van der Waals surface area contributed by atoms with Gasteiger partial charge in [-0.15, -0.1) is 0 Å². The molecule has 4 nitrogen and oxygen atoms in total. The Bertz CT molecular complexity index is 482. The first-order valence-corrected chi connectivity index (χ1v) is 3.74. The minimum absolute atomic E-state index is 0.0240. The Balaban J connectivity index is 2.76. The van der Waals surface area contributed by atoms with Gasteiger partial charge in [-0.1, -0.05) is 12.1 Å². The van der Waals surface area contributed by atoms with E-state index in [-0.39, 0.29) is 12.5 Å². The number of fused-ring (bicyclic) bond motifs is 1. The molecule has 2 rings (SSSR count). The molecule has 0 bridgehead atoms. The predicted octanol–water partition coefficient (Wildman–Crippen LogP) is 1.19. The first-order chi connectivity index (χ1) is 6.35. The lowest BCUT2D eigenvalue weighted by Gasteiger charge is -1.93. The molecule has 13 heavy (non-hydrogen) atoms. The van der Waals surface area contributed by atoms with Gasteiger partial charge in [0.25, 0.3) is 0 Å². The minimum atomic E-state index is -0.102. The SMILES string of the molecule is N#Cc1nc2c(CO)cccc2o1. The van der Waals surface area contributed by atoms with Crippen molar-refractivity contribution in [1.82, 2.24) is 4.98 Å². The fourth-order valence-electron chi connectivity index (χ4n) is 1.18. The normalized spacial score (nSPS) is 10.2. The molecule has 0 radical (unpaired) electrons. The summed E-state index contributed by atoms with van der Waals surface area (Å²) in [6.45, 7) is -0.102. The summed E-state index contributed by atoms with van der Waals surface area (Å²) in [5.41, 5.74) is 1.76. The van der Waals surface area contributed by atoms with Crippen molar-refractivity contribution in [2.75, 3.05) is 0 Å². The van der Waals surface area contributed by atoms with Crippen molar-refractivity contribution in [1.29, 1.82) is 5.26 Å². The third-order valence-corrected chi connectivity index (χ3v) is 1.77. The van der Waals surface area contributed by atoms with E-state index in [9.17, 15) is 0 Å². The fourth-order valence-corrected chi connectivity index (χ4v) is 1.18. The van der Waals surface area contributed by atoms with Crippen LogP contribution < -0.4 is 0 Å². The zero-order valence-electron chi connectivity index (χ0n) is 6.69. The zero-order chi connectivity index (χ0) is 9.26. The van der Waals surface area contributed by atoms with Gasteiger partial charge < -0.3 is 9.52 Å². The number of rotatable bonds is 1. The molecule has 1 aromatic heterocycles. The summed E-state index contributed by atoms with van der Waals surface area (Å²) in [6, 6.07) is 7.01. The highest BCUT2D eigenvalue weighted by Gasteiger charge is 2.07. The highest BCUT2D eigenvalue weighted by Crippen LogP contribution is 2.18. The van der Waals surface area contributed by atoms with Crippen LogP contribution in [-0.4, -0.2) is 10.1 Å². The van der Waals surface area contributed by atoms with E-state index < -0.39 is 0 Å². The van der Waals surface area contributed by atoms with E-state index in [2.05, 4.69) is 4.98 Å². The van der Waals surface area contributed by atoms with E-state index in [0.29, 0.717) is 16.7 Å². The number of hydrogen-bond acceptors (Lipinski definition) is 4. The van der Waals surface area contributed by atoms with Crippen molar-refractivity contribution in [3.8, 4) is 6.07 Å². The van der Waals surface area contributed by atoms with Crippen LogP contribution in [0, 0.1) is 11.3 Å². The maximum atomic E-state index is 8.95. The lowest BCUT2D eigenvalue weighted by molar-refractivity contribution is 0.283. The van der Waals surface area contributed by atoms with Crippen molar-refractivity contribution < 1.29 is 9.52 Å². The Labute approximate surface area is 74.0 Å². The second kappa shape index (κ2) is 2.88. The standard InChI is InChI=1S/C9H6N2O2/c10-4-8-11-9-6(5-12)2-1-3-7(9)13-8/h1-3,12H,5H2. The molecule has 0 saturated carbocycles. The number of benzene rings is 1. The molecule has 1 aromatic carbocycles. The highest BCUT2D eigenvalue weighted by atomic mass is 16.3. The minimum Gasteiger partial charge on any atom is -0.428 e. The van der Waals surface area contributed by atoms with Crippen LogP contribution in [0.5, 0.6) is 0 Å². The smallest absolute Gasteiger partial charge is 0.301 e. The average molecular weight is 174 g/mol. The van der Waals surface area contributed by atoms with E-state index in [1.807, 2.05) is 6.07 Å². The number of aliphatic hydroxyl groups excluding tert-OH is 1. The number of para-hydroxylation sites is 1. The molecule has 0 atom stereocenters. The predicted molar refractivity (Wildman–Crippen MR) is 44.6 cm³/mol. The Hall–Kier alpha value is -1.86. The molecular weight excluding hydrogens is 168 g/mol. The Kier molecular flexibility index (Phi) is 1.72. The monoisotopic (exact) mass is 174 g/mol. The van der Waals surface area contributed by atoms with Crippen LogP contribution in [-0.2, 0) is 6.61 Å². The van der Waals surface area contributed by atoms with E-state index in [4.69, 9.17) is 14.8 Å². The van der Waals surface area contributed by atoms with Gasteiger partial charge in [-0.05, 0) is 6.07 Å². The fraction of sp³-hybridized carbons (Fsp3) is 0.111. The van der Waals surface area contributed by atoms with Gasteiger partial charge in [0.2, 0.25) is 0 Å². The number of aliphatic hydroxyl groups is 1. The topological polar surface area (TPSA) is 70.0 Å². The van der Waals surface area contributed by atoms with Crippen LogP contribution in [0.15, 0.2) is 22.6 Å². The van der Waals surface area contributed by atoms with E-state index >= 15 is 0 Å². The molecule has 4 heteroatoms. The van der Waals surface area contributed by atoms with Crippen molar-refractivity contribution >= 4 is 11.1 Å². The second-order valence-electron chi connectivity index (χ2n) is 2.55. The zero-order valence-corrected chi connectivity index (χ0v) is 6.69. The molecule has 2 aromatic rings. The van der Waals surface area contributed by atoms with Gasteiger partial charge in [-0.3, -0.25) is 0 Å². The molecule has 1 heterocycles. The third kappa shape index (κ3) is 1.15. The summed E-state index contributed by atoms with van der Waals surface area (Å²) >= 11 is 0. The number of hydrogen-bond donors (Lipinski definition) is 1. The Morgan fingerprint density at radius 2 is 2.38 bits per heavy atom. The molecule has 0 aliphatic heterocycles. The van der Waals surface area contributed by atoms with Crippen LogP contribution >= 0.6 is 0 Å². The number of nitrogens with zero attached hydrogens (tertiary/aromatic N) is 2. The first-order valence-electron chi connectivity index (χ1n) is 3.74. The lowest BCUT2D eigenvalue weighted by Crippen LogP contribution is -1.84. The quantitative estimate of drug-likeness (QED) is 0.704. The van der Waals surface area contributed by atoms with Crippen LogP contribution in [0.2, 0.25) is 0 Å². The summed E-state index contributed by atoms with van der Waals surface area (Å²) < 4.78 is 5.08. The van der Waals surface area contributed by atoms with Crippen LogP contribution in [0.25, 0.3) is 11.1 Å². The summed E-state index contributed by atoms with van der Waals surface area (Å²) in [5, 5.41) is 17.5. The van der Waals surface area contributed by atoms with E-state index in [1.54, 1.807) is 18.2 Å². The molecule has 0 unspecified atom stereocenters. The summed E-state index contributed by atoms with van der Waals surface area (Å²) in [6.07, 6.45) is 0. The van der Waals surface area contributed by atoms with Crippen molar-refractivity contribution in [3.05, 3.63) is 29.7 Å². The molecule has 64 valence electrons. The first kappa shape index (κ1) is 7.77. The molecule has 1 N–H and O–H groups in total. The number of aromatic nitrogens is 1. The van der Waals surface area contributed by atoms with Gasteiger partial charge in [0.1, 0.15) is 5.52 Å². The van der Waals surface area contributed by atoms with Gasteiger partial charge >= 0.3 is 5.89 Å². The van der Waals surface area contributed by atoms with Crippen LogP contribution in [0.3, 0.4) is 0 Å².